The third-order valence-corrected chi connectivity index (χ3v) is 5.00. The van der Waals surface area contributed by atoms with Gasteiger partial charge in [0.05, 0.1) is 0 Å². The first-order valence-electron chi connectivity index (χ1n) is 7.80. The van der Waals surface area contributed by atoms with Gasteiger partial charge >= 0.3 is 0 Å². The zero-order valence-corrected chi connectivity index (χ0v) is 14.2. The number of hydrogen-bond donors (Lipinski definition) is 1. The van der Waals surface area contributed by atoms with E-state index in [9.17, 15) is 5.11 Å². The van der Waals surface area contributed by atoms with E-state index >= 15 is 0 Å². The maximum absolute atomic E-state index is 11.4. The second-order valence-electron chi connectivity index (χ2n) is 5.90. The lowest BCUT2D eigenvalue weighted by molar-refractivity contribution is 0.0601. The summed E-state index contributed by atoms with van der Waals surface area (Å²) in [6, 6.07) is 11.8. The van der Waals surface area contributed by atoms with E-state index in [1.807, 2.05) is 36.4 Å². The average Bonchev–Trinajstić information content (AvgIpc) is 3.08. The summed E-state index contributed by atoms with van der Waals surface area (Å²) in [7, 11) is 0. The van der Waals surface area contributed by atoms with E-state index in [1.54, 1.807) is 12.4 Å². The Morgan fingerprint density at radius 2 is 1.59 bits per heavy atom. The Hall–Kier alpha value is -1.23. The number of pyridine rings is 1. The molecule has 22 heavy (non-hydrogen) atoms. The first kappa shape index (κ1) is 15.7. The van der Waals surface area contributed by atoms with Gasteiger partial charge in [0.2, 0.25) is 0 Å². The lowest BCUT2D eigenvalue weighted by atomic mass is 9.84. The lowest BCUT2D eigenvalue weighted by Crippen LogP contribution is -2.33. The summed E-state index contributed by atoms with van der Waals surface area (Å²) in [4.78, 5) is 6.51. The maximum atomic E-state index is 11.4. The molecule has 1 fully saturated rings. The smallest absolute Gasteiger partial charge is 0.116 e. The van der Waals surface area contributed by atoms with Crippen LogP contribution in [0.25, 0.3) is 0 Å². The molecule has 1 unspecified atom stereocenters. The van der Waals surface area contributed by atoms with E-state index in [1.165, 1.54) is 12.8 Å². The van der Waals surface area contributed by atoms with Crippen LogP contribution in [0.15, 0.2) is 53.3 Å². The fourth-order valence-corrected chi connectivity index (χ4v) is 3.40. The van der Waals surface area contributed by atoms with Gasteiger partial charge in [-0.2, -0.15) is 0 Å². The minimum Gasteiger partial charge on any atom is -0.380 e. The number of aliphatic hydroxyl groups is 1. The van der Waals surface area contributed by atoms with Crippen LogP contribution in [0, 0.1) is 0 Å². The molecule has 2 heterocycles. The van der Waals surface area contributed by atoms with E-state index in [0.717, 1.165) is 35.2 Å². The molecule has 1 aliphatic heterocycles. The Morgan fingerprint density at radius 3 is 2.23 bits per heavy atom. The summed E-state index contributed by atoms with van der Waals surface area (Å²) in [5, 5.41) is 11.4. The summed E-state index contributed by atoms with van der Waals surface area (Å²) in [6.07, 6.45) is 6.72. The molecule has 1 atom stereocenters. The first-order chi connectivity index (χ1) is 10.7. The van der Waals surface area contributed by atoms with Gasteiger partial charge in [0.15, 0.2) is 0 Å². The minimum atomic E-state index is -0.966. The maximum Gasteiger partial charge on any atom is 0.116 e. The van der Waals surface area contributed by atoms with Crippen molar-refractivity contribution in [1.82, 2.24) is 9.88 Å². The van der Waals surface area contributed by atoms with Gasteiger partial charge in [-0.1, -0.05) is 28.1 Å². The number of nitrogens with zero attached hydrogens (tertiary/aromatic N) is 2. The topological polar surface area (TPSA) is 36.4 Å². The number of rotatable bonds is 5. The molecule has 0 spiro atoms. The van der Waals surface area contributed by atoms with Gasteiger partial charge in [0.1, 0.15) is 5.60 Å². The van der Waals surface area contributed by atoms with Crippen LogP contribution >= 0.6 is 15.9 Å². The molecule has 1 aliphatic rings. The number of aromatic nitrogens is 1. The highest BCUT2D eigenvalue weighted by molar-refractivity contribution is 9.10. The largest absolute Gasteiger partial charge is 0.380 e. The van der Waals surface area contributed by atoms with Crippen LogP contribution < -0.4 is 0 Å². The van der Waals surface area contributed by atoms with E-state index in [-0.39, 0.29) is 0 Å². The Kier molecular flexibility index (Phi) is 4.91. The van der Waals surface area contributed by atoms with Crippen LogP contribution in [0.4, 0.5) is 0 Å². The summed E-state index contributed by atoms with van der Waals surface area (Å²) < 4.78 is 1.02. The van der Waals surface area contributed by atoms with Gasteiger partial charge in [-0.05, 0) is 67.7 Å². The highest BCUT2D eigenvalue weighted by Gasteiger charge is 2.32. The normalized spacial score (nSPS) is 18.3. The SMILES string of the molecule is OC(CCN1CCCC1)(c1ccncc1)c1ccc(Br)cc1. The van der Waals surface area contributed by atoms with E-state index in [2.05, 4.69) is 25.8 Å². The minimum absolute atomic E-state index is 0.693. The molecular formula is C18H21BrN2O. The highest BCUT2D eigenvalue weighted by atomic mass is 79.9. The van der Waals surface area contributed by atoms with E-state index in [4.69, 9.17) is 0 Å². The van der Waals surface area contributed by atoms with Crippen molar-refractivity contribution in [2.24, 2.45) is 0 Å². The molecule has 4 heteroatoms. The summed E-state index contributed by atoms with van der Waals surface area (Å²) in [5.41, 5.74) is 0.872. The van der Waals surface area contributed by atoms with Crippen molar-refractivity contribution in [3.05, 3.63) is 64.4 Å². The Labute approximate surface area is 140 Å². The van der Waals surface area contributed by atoms with Gasteiger partial charge in [-0.25, -0.2) is 0 Å². The second-order valence-corrected chi connectivity index (χ2v) is 6.82. The lowest BCUT2D eigenvalue weighted by Gasteiger charge is -2.31. The third-order valence-electron chi connectivity index (χ3n) is 4.47. The van der Waals surface area contributed by atoms with Crippen molar-refractivity contribution in [3.63, 3.8) is 0 Å². The molecule has 3 rings (SSSR count). The first-order valence-corrected chi connectivity index (χ1v) is 8.59. The van der Waals surface area contributed by atoms with Crippen molar-refractivity contribution in [2.45, 2.75) is 24.9 Å². The predicted molar refractivity (Wildman–Crippen MR) is 91.7 cm³/mol. The number of hydrogen-bond acceptors (Lipinski definition) is 3. The molecule has 0 radical (unpaired) electrons. The van der Waals surface area contributed by atoms with E-state index < -0.39 is 5.60 Å². The Balaban J connectivity index is 1.88. The van der Waals surface area contributed by atoms with Crippen molar-refractivity contribution in [2.75, 3.05) is 19.6 Å². The summed E-state index contributed by atoms with van der Waals surface area (Å²) >= 11 is 3.46. The summed E-state index contributed by atoms with van der Waals surface area (Å²) in [5.74, 6) is 0. The van der Waals surface area contributed by atoms with E-state index in [0.29, 0.717) is 6.42 Å². The standard InChI is InChI=1S/C18H21BrN2O/c19-17-5-3-15(4-6-17)18(22,16-7-10-20-11-8-16)9-14-21-12-1-2-13-21/h3-8,10-11,22H,1-2,9,12-14H2. The van der Waals surface area contributed by atoms with Gasteiger partial charge in [-0.15, -0.1) is 0 Å². The quantitative estimate of drug-likeness (QED) is 0.885. The van der Waals surface area contributed by atoms with Crippen molar-refractivity contribution in [1.29, 1.82) is 0 Å². The molecule has 116 valence electrons. The van der Waals surface area contributed by atoms with Crippen molar-refractivity contribution >= 4 is 15.9 Å². The fourth-order valence-electron chi connectivity index (χ4n) is 3.13. The molecule has 1 aromatic heterocycles. The van der Waals surface area contributed by atoms with Gasteiger partial charge in [0, 0.05) is 23.4 Å². The van der Waals surface area contributed by atoms with Crippen LogP contribution in [0.2, 0.25) is 0 Å². The molecule has 0 aliphatic carbocycles. The van der Waals surface area contributed by atoms with Gasteiger partial charge < -0.3 is 10.0 Å². The molecular weight excluding hydrogens is 340 g/mol. The zero-order valence-electron chi connectivity index (χ0n) is 12.6. The fraction of sp³-hybridized carbons (Fsp3) is 0.389. The molecule has 1 N–H and O–H groups in total. The number of benzene rings is 1. The monoisotopic (exact) mass is 360 g/mol. The molecule has 0 amide bonds. The van der Waals surface area contributed by atoms with Crippen LogP contribution in [-0.4, -0.2) is 34.6 Å². The van der Waals surface area contributed by atoms with Gasteiger partial charge in [-0.3, -0.25) is 4.98 Å². The number of likely N-dealkylation sites (tertiary alicyclic amines) is 1. The van der Waals surface area contributed by atoms with Crippen LogP contribution in [0.3, 0.4) is 0 Å². The van der Waals surface area contributed by atoms with Crippen LogP contribution in [0.1, 0.15) is 30.4 Å². The third kappa shape index (κ3) is 3.40. The molecule has 2 aromatic rings. The number of halogens is 1. The molecule has 1 aromatic carbocycles. The second kappa shape index (κ2) is 6.90. The zero-order chi connectivity index (χ0) is 15.4. The molecule has 0 saturated carbocycles. The van der Waals surface area contributed by atoms with Crippen LogP contribution in [0.5, 0.6) is 0 Å². The molecule has 0 bridgehead atoms. The van der Waals surface area contributed by atoms with Gasteiger partial charge in [0.25, 0.3) is 0 Å². The van der Waals surface area contributed by atoms with Crippen molar-refractivity contribution < 1.29 is 5.11 Å². The van der Waals surface area contributed by atoms with Crippen LogP contribution in [-0.2, 0) is 5.60 Å². The average molecular weight is 361 g/mol. The Bertz CT molecular complexity index is 596. The van der Waals surface area contributed by atoms with Crippen molar-refractivity contribution in [3.8, 4) is 0 Å². The molecule has 3 nitrogen and oxygen atoms in total. The summed E-state index contributed by atoms with van der Waals surface area (Å²) in [6.45, 7) is 3.20. The molecule has 1 saturated heterocycles. The Morgan fingerprint density at radius 1 is 1.00 bits per heavy atom. The highest BCUT2D eigenvalue weighted by Crippen LogP contribution is 2.34. The predicted octanol–water partition coefficient (Wildman–Crippen LogP) is 3.57.